The van der Waals surface area contributed by atoms with E-state index in [4.69, 9.17) is 12.2 Å². The minimum Gasteiger partial charge on any atom is -0.365 e. The van der Waals surface area contributed by atoms with Gasteiger partial charge in [0, 0.05) is 23.9 Å². The van der Waals surface area contributed by atoms with Gasteiger partial charge >= 0.3 is 0 Å². The predicted molar refractivity (Wildman–Crippen MR) is 125 cm³/mol. The van der Waals surface area contributed by atoms with Gasteiger partial charge in [-0.25, -0.2) is 13.7 Å². The standard InChI is InChI=1S/C24H21F2N3O2S/c1-13-12-24(2,3)28(4)20-11-18(26)14(9-15(13)20)10-16-21(30)27-23(32)29(22(16)31)19-8-6-5-7-17(19)25/h5-12H,1-4H3,(H,27,30,32)/b16-10-. The molecular formula is C24H21F2N3O2S. The van der Waals surface area contributed by atoms with Gasteiger partial charge < -0.3 is 4.90 Å². The SMILES string of the molecule is CC1=CC(C)(C)N(C)c2cc(F)c(/C=C3/C(=O)NC(=S)N(c4ccccc4F)C3=O)cc21. The Balaban J connectivity index is 1.81. The van der Waals surface area contributed by atoms with E-state index in [1.54, 1.807) is 12.1 Å². The highest BCUT2D eigenvalue weighted by molar-refractivity contribution is 7.80. The van der Waals surface area contributed by atoms with Crippen LogP contribution in [0.1, 0.15) is 31.9 Å². The van der Waals surface area contributed by atoms with Crippen molar-refractivity contribution in [2.45, 2.75) is 26.3 Å². The molecule has 0 aromatic heterocycles. The van der Waals surface area contributed by atoms with Crippen LogP contribution in [-0.4, -0.2) is 29.5 Å². The highest BCUT2D eigenvalue weighted by atomic mass is 32.1. The number of hydrogen-bond donors (Lipinski definition) is 1. The smallest absolute Gasteiger partial charge is 0.270 e. The quantitative estimate of drug-likeness (QED) is 0.415. The van der Waals surface area contributed by atoms with E-state index in [2.05, 4.69) is 11.4 Å². The third-order valence-electron chi connectivity index (χ3n) is 5.83. The molecule has 0 bridgehead atoms. The first-order chi connectivity index (χ1) is 15.0. The maximum atomic E-state index is 15.1. The van der Waals surface area contributed by atoms with Gasteiger partial charge in [0.15, 0.2) is 5.11 Å². The average molecular weight is 454 g/mol. The van der Waals surface area contributed by atoms with Crippen LogP contribution in [0.4, 0.5) is 20.2 Å². The summed E-state index contributed by atoms with van der Waals surface area (Å²) in [6.07, 6.45) is 3.25. The number of benzene rings is 2. The van der Waals surface area contributed by atoms with Gasteiger partial charge in [0.2, 0.25) is 0 Å². The number of likely N-dealkylation sites (N-methyl/N-ethyl adjacent to an activating group) is 1. The summed E-state index contributed by atoms with van der Waals surface area (Å²) in [6.45, 7) is 5.98. The summed E-state index contributed by atoms with van der Waals surface area (Å²) in [5.74, 6) is -2.86. The third kappa shape index (κ3) is 3.50. The van der Waals surface area contributed by atoms with Gasteiger partial charge in [-0.1, -0.05) is 18.2 Å². The Kier molecular flexibility index (Phi) is 5.21. The lowest BCUT2D eigenvalue weighted by Crippen LogP contribution is -2.54. The molecule has 0 saturated carbocycles. The lowest BCUT2D eigenvalue weighted by Gasteiger charge is -2.40. The van der Waals surface area contributed by atoms with Gasteiger partial charge in [0.05, 0.1) is 11.2 Å². The molecular weight excluding hydrogens is 432 g/mol. The Bertz CT molecular complexity index is 1250. The van der Waals surface area contributed by atoms with E-state index < -0.39 is 23.4 Å². The highest BCUT2D eigenvalue weighted by Crippen LogP contribution is 2.39. The Labute approximate surface area is 190 Å². The van der Waals surface area contributed by atoms with Crippen molar-refractivity contribution in [3.63, 3.8) is 0 Å². The van der Waals surface area contributed by atoms with Gasteiger partial charge in [-0.3, -0.25) is 14.9 Å². The Morgan fingerprint density at radius 3 is 2.44 bits per heavy atom. The molecule has 32 heavy (non-hydrogen) atoms. The second kappa shape index (κ2) is 7.63. The van der Waals surface area contributed by atoms with Crippen LogP contribution in [0.3, 0.4) is 0 Å². The molecule has 0 unspecified atom stereocenters. The van der Waals surface area contributed by atoms with Crippen LogP contribution in [0.2, 0.25) is 0 Å². The van der Waals surface area contributed by atoms with E-state index in [-0.39, 0.29) is 27.5 Å². The van der Waals surface area contributed by atoms with Crippen molar-refractivity contribution in [1.29, 1.82) is 0 Å². The number of fused-ring (bicyclic) bond motifs is 1. The molecule has 2 aromatic carbocycles. The summed E-state index contributed by atoms with van der Waals surface area (Å²) >= 11 is 5.09. The molecule has 1 N–H and O–H groups in total. The number of halogens is 2. The monoisotopic (exact) mass is 453 g/mol. The summed E-state index contributed by atoms with van der Waals surface area (Å²) in [5.41, 5.74) is 1.81. The van der Waals surface area contributed by atoms with Crippen molar-refractivity contribution in [2.75, 3.05) is 16.8 Å². The molecule has 0 atom stereocenters. The molecule has 1 fully saturated rings. The van der Waals surface area contributed by atoms with Gasteiger partial charge in [-0.2, -0.15) is 0 Å². The second-order valence-electron chi connectivity index (χ2n) is 8.34. The summed E-state index contributed by atoms with van der Waals surface area (Å²) < 4.78 is 29.4. The van der Waals surface area contributed by atoms with E-state index >= 15 is 4.39 Å². The number of carbonyl (C=O) groups excluding carboxylic acids is 2. The maximum Gasteiger partial charge on any atom is 0.270 e. The number of hydrogen-bond acceptors (Lipinski definition) is 4. The molecule has 0 aliphatic carbocycles. The highest BCUT2D eigenvalue weighted by Gasteiger charge is 2.36. The molecule has 4 rings (SSSR count). The number of rotatable bonds is 2. The topological polar surface area (TPSA) is 52.7 Å². The molecule has 8 heteroatoms. The molecule has 5 nitrogen and oxygen atoms in total. The second-order valence-corrected chi connectivity index (χ2v) is 8.73. The zero-order chi connectivity index (χ0) is 23.4. The van der Waals surface area contributed by atoms with E-state index in [1.165, 1.54) is 30.3 Å². The number of anilines is 2. The van der Waals surface area contributed by atoms with Gasteiger partial charge in [-0.05, 0) is 68.9 Å². The van der Waals surface area contributed by atoms with Crippen LogP contribution < -0.4 is 15.1 Å². The molecule has 1 saturated heterocycles. The molecule has 2 aliphatic heterocycles. The number of thiocarbonyl (C=S) groups is 1. The van der Waals surface area contributed by atoms with Crippen molar-refractivity contribution >= 4 is 52.2 Å². The Morgan fingerprint density at radius 2 is 1.75 bits per heavy atom. The zero-order valence-corrected chi connectivity index (χ0v) is 18.8. The fourth-order valence-electron chi connectivity index (χ4n) is 3.96. The maximum absolute atomic E-state index is 15.1. The van der Waals surface area contributed by atoms with Crippen LogP contribution in [0.5, 0.6) is 0 Å². The van der Waals surface area contributed by atoms with Crippen molar-refractivity contribution in [3.8, 4) is 0 Å². The Hall–Kier alpha value is -3.39. The van der Waals surface area contributed by atoms with Crippen LogP contribution >= 0.6 is 12.2 Å². The van der Waals surface area contributed by atoms with Crippen LogP contribution in [-0.2, 0) is 9.59 Å². The average Bonchev–Trinajstić information content (AvgIpc) is 2.71. The van der Waals surface area contributed by atoms with Gasteiger partial charge in [0.25, 0.3) is 11.8 Å². The predicted octanol–water partition coefficient (Wildman–Crippen LogP) is 4.43. The van der Waals surface area contributed by atoms with E-state index in [9.17, 15) is 14.0 Å². The lowest BCUT2D eigenvalue weighted by molar-refractivity contribution is -0.122. The summed E-state index contributed by atoms with van der Waals surface area (Å²) in [6, 6.07) is 8.58. The molecule has 0 spiro atoms. The number of carbonyl (C=O) groups is 2. The Morgan fingerprint density at radius 1 is 1.06 bits per heavy atom. The molecule has 164 valence electrons. The first-order valence-corrected chi connectivity index (χ1v) is 10.4. The first kappa shape index (κ1) is 21.8. The minimum atomic E-state index is -0.827. The van der Waals surface area contributed by atoms with Crippen LogP contribution in [0, 0.1) is 11.6 Å². The number of amides is 2. The summed E-state index contributed by atoms with van der Waals surface area (Å²) in [4.78, 5) is 28.5. The fraction of sp³-hybridized carbons (Fsp3) is 0.208. The fourth-order valence-corrected chi connectivity index (χ4v) is 4.24. The van der Waals surface area contributed by atoms with Gasteiger partial charge in [-0.15, -0.1) is 0 Å². The first-order valence-electron chi connectivity index (χ1n) is 9.94. The van der Waals surface area contributed by atoms with E-state index in [1.807, 2.05) is 32.7 Å². The van der Waals surface area contributed by atoms with Crippen LogP contribution in [0.25, 0.3) is 11.6 Å². The van der Waals surface area contributed by atoms with Crippen molar-refractivity contribution < 1.29 is 18.4 Å². The molecule has 0 radical (unpaired) electrons. The summed E-state index contributed by atoms with van der Waals surface area (Å²) in [7, 11) is 1.88. The van der Waals surface area contributed by atoms with Crippen molar-refractivity contribution in [1.82, 2.24) is 5.32 Å². The minimum absolute atomic E-state index is 0.0735. The van der Waals surface area contributed by atoms with Gasteiger partial charge in [0.1, 0.15) is 17.2 Å². The molecule has 2 amide bonds. The third-order valence-corrected chi connectivity index (χ3v) is 6.11. The molecule has 2 aliphatic rings. The number of nitrogens with one attached hydrogen (secondary N) is 1. The normalized spacial score (nSPS) is 19.1. The summed E-state index contributed by atoms with van der Waals surface area (Å²) in [5, 5.41) is 2.14. The largest absolute Gasteiger partial charge is 0.365 e. The van der Waals surface area contributed by atoms with Crippen molar-refractivity contribution in [2.24, 2.45) is 0 Å². The number of para-hydroxylation sites is 1. The molecule has 2 aromatic rings. The zero-order valence-electron chi connectivity index (χ0n) is 18.0. The van der Waals surface area contributed by atoms with E-state index in [0.717, 1.165) is 16.0 Å². The van der Waals surface area contributed by atoms with E-state index in [0.29, 0.717) is 5.69 Å². The lowest BCUT2D eigenvalue weighted by atomic mass is 9.88. The van der Waals surface area contributed by atoms with Crippen molar-refractivity contribution in [3.05, 3.63) is 70.8 Å². The molecule has 2 heterocycles. The van der Waals surface area contributed by atoms with Crippen LogP contribution in [0.15, 0.2) is 48.0 Å². The number of nitrogens with zero attached hydrogens (tertiary/aromatic N) is 2. The number of allylic oxidation sites excluding steroid dienone is 1.